The smallest absolute Gasteiger partial charge is 0.191 e. The first-order chi connectivity index (χ1) is 12.6. The molecule has 2 aromatic rings. The summed E-state index contributed by atoms with van der Waals surface area (Å²) in [6.07, 6.45) is 2.97. The third-order valence-electron chi connectivity index (χ3n) is 3.75. The molecule has 0 radical (unpaired) electrons. The number of nitrogens with zero attached hydrogens (tertiary/aromatic N) is 3. The van der Waals surface area contributed by atoms with E-state index in [1.165, 1.54) is 4.88 Å². The first kappa shape index (κ1) is 20.2. The van der Waals surface area contributed by atoms with Gasteiger partial charge in [0.1, 0.15) is 17.4 Å². The number of hydrogen-bond donors (Lipinski definition) is 2. The molecule has 1 heterocycles. The molecular weight excluding hydrogens is 346 g/mol. The Morgan fingerprint density at radius 2 is 2.08 bits per heavy atom. The molecule has 0 saturated carbocycles. The normalized spacial score (nSPS) is 11.7. The number of rotatable bonds is 9. The van der Waals surface area contributed by atoms with Gasteiger partial charge in [-0.05, 0) is 38.2 Å². The van der Waals surface area contributed by atoms with Crippen molar-refractivity contribution >= 4 is 17.3 Å². The minimum atomic E-state index is 0.679. The van der Waals surface area contributed by atoms with E-state index in [1.807, 2.05) is 32.4 Å². The Hall–Kier alpha value is -2.12. The number of aromatic nitrogens is 1. The molecule has 0 saturated heterocycles. The Morgan fingerprint density at radius 1 is 1.27 bits per heavy atom. The molecule has 0 atom stereocenters. The van der Waals surface area contributed by atoms with E-state index in [0.717, 1.165) is 35.2 Å². The van der Waals surface area contributed by atoms with E-state index in [0.29, 0.717) is 19.7 Å². The van der Waals surface area contributed by atoms with E-state index in [-0.39, 0.29) is 0 Å². The summed E-state index contributed by atoms with van der Waals surface area (Å²) in [4.78, 5) is 12.1. The van der Waals surface area contributed by atoms with Gasteiger partial charge < -0.3 is 20.3 Å². The number of ether oxygens (including phenoxy) is 1. The van der Waals surface area contributed by atoms with Crippen LogP contribution in [0.5, 0.6) is 5.75 Å². The molecule has 0 bridgehead atoms. The third kappa shape index (κ3) is 7.01. The van der Waals surface area contributed by atoms with Crippen LogP contribution < -0.4 is 15.4 Å². The molecule has 0 unspecified atom stereocenters. The van der Waals surface area contributed by atoms with Crippen LogP contribution in [0.15, 0.2) is 35.5 Å². The second kappa shape index (κ2) is 10.8. The lowest BCUT2D eigenvalue weighted by Crippen LogP contribution is -2.36. The zero-order valence-corrected chi connectivity index (χ0v) is 16.9. The number of hydrogen-bond acceptors (Lipinski definition) is 5. The van der Waals surface area contributed by atoms with Crippen molar-refractivity contribution in [2.24, 2.45) is 4.99 Å². The summed E-state index contributed by atoms with van der Waals surface area (Å²) >= 11 is 1.73. The predicted octanol–water partition coefficient (Wildman–Crippen LogP) is 2.51. The summed E-state index contributed by atoms with van der Waals surface area (Å²) in [5, 5.41) is 7.71. The summed E-state index contributed by atoms with van der Waals surface area (Å²) in [5.41, 5.74) is 1.15. The number of likely N-dealkylation sites (N-methyl/N-ethyl adjacent to an activating group) is 1. The Bertz CT molecular complexity index is 699. The predicted molar refractivity (Wildman–Crippen MR) is 109 cm³/mol. The summed E-state index contributed by atoms with van der Waals surface area (Å²) < 4.78 is 5.79. The average Bonchev–Trinajstić information content (AvgIpc) is 3.10. The molecule has 1 aromatic carbocycles. The number of benzene rings is 1. The molecule has 142 valence electrons. The van der Waals surface area contributed by atoms with Gasteiger partial charge in [0.25, 0.3) is 0 Å². The number of nitrogens with one attached hydrogen (secondary N) is 2. The van der Waals surface area contributed by atoms with Gasteiger partial charge in [-0.25, -0.2) is 4.98 Å². The largest absolute Gasteiger partial charge is 0.492 e. The van der Waals surface area contributed by atoms with Crippen molar-refractivity contribution in [2.75, 3.05) is 34.3 Å². The quantitative estimate of drug-likeness (QED) is 0.521. The van der Waals surface area contributed by atoms with E-state index in [2.05, 4.69) is 44.6 Å². The average molecular weight is 376 g/mol. The fraction of sp³-hybridized carbons (Fsp3) is 0.474. The highest BCUT2D eigenvalue weighted by atomic mass is 32.1. The minimum Gasteiger partial charge on any atom is -0.492 e. The summed E-state index contributed by atoms with van der Waals surface area (Å²) in [5.74, 6) is 1.65. The van der Waals surface area contributed by atoms with Crippen LogP contribution in [0.1, 0.15) is 22.4 Å². The maximum atomic E-state index is 5.79. The van der Waals surface area contributed by atoms with Gasteiger partial charge in [0.2, 0.25) is 0 Å². The molecule has 2 rings (SSSR count). The first-order valence-electron chi connectivity index (χ1n) is 8.85. The van der Waals surface area contributed by atoms with Gasteiger partial charge in [-0.15, -0.1) is 11.3 Å². The van der Waals surface area contributed by atoms with E-state index in [1.54, 1.807) is 18.4 Å². The fourth-order valence-electron chi connectivity index (χ4n) is 2.25. The Kier molecular flexibility index (Phi) is 8.37. The molecule has 0 aliphatic heterocycles. The summed E-state index contributed by atoms with van der Waals surface area (Å²) in [6.45, 7) is 5.08. The molecule has 0 amide bonds. The number of aryl methyl sites for hydroxylation is 1. The summed E-state index contributed by atoms with van der Waals surface area (Å²) in [6, 6.07) is 8.14. The molecule has 26 heavy (non-hydrogen) atoms. The molecule has 6 nitrogen and oxygen atoms in total. The third-order valence-corrected chi connectivity index (χ3v) is 4.89. The minimum absolute atomic E-state index is 0.679. The van der Waals surface area contributed by atoms with Gasteiger partial charge in [0.05, 0.1) is 6.54 Å². The van der Waals surface area contributed by atoms with Crippen LogP contribution in [0.25, 0.3) is 0 Å². The van der Waals surface area contributed by atoms with Gasteiger partial charge in [-0.1, -0.05) is 19.1 Å². The van der Waals surface area contributed by atoms with Crippen molar-refractivity contribution < 1.29 is 4.74 Å². The Balaban J connectivity index is 1.80. The molecule has 7 heteroatoms. The topological polar surface area (TPSA) is 61.8 Å². The lowest BCUT2D eigenvalue weighted by atomic mass is 10.2. The molecule has 0 aliphatic carbocycles. The fourth-order valence-corrected chi connectivity index (χ4v) is 3.05. The van der Waals surface area contributed by atoms with Gasteiger partial charge in [0, 0.05) is 31.2 Å². The van der Waals surface area contributed by atoms with E-state index >= 15 is 0 Å². The number of thiazole rings is 1. The molecule has 0 spiro atoms. The van der Waals surface area contributed by atoms with Crippen LogP contribution in [0.2, 0.25) is 0 Å². The van der Waals surface area contributed by atoms with E-state index in [4.69, 9.17) is 4.74 Å². The van der Waals surface area contributed by atoms with E-state index in [9.17, 15) is 0 Å². The Morgan fingerprint density at radius 3 is 2.77 bits per heavy atom. The molecular formula is C19H29N5OS. The molecule has 0 aliphatic rings. The lowest BCUT2D eigenvalue weighted by Gasteiger charge is -2.13. The SMILES string of the molecule is CCc1cnc(CNC(=NC)NCc2cccc(OCCN(C)C)c2)s1. The van der Waals surface area contributed by atoms with Crippen LogP contribution in [-0.2, 0) is 19.5 Å². The monoisotopic (exact) mass is 375 g/mol. The van der Waals surface area contributed by atoms with Gasteiger partial charge in [-0.2, -0.15) is 0 Å². The number of aliphatic imine (C=N–C) groups is 1. The van der Waals surface area contributed by atoms with Crippen molar-refractivity contribution in [1.29, 1.82) is 0 Å². The van der Waals surface area contributed by atoms with Crippen LogP contribution in [0, 0.1) is 0 Å². The van der Waals surface area contributed by atoms with Crippen LogP contribution in [-0.4, -0.2) is 50.1 Å². The molecule has 0 fully saturated rings. The van der Waals surface area contributed by atoms with E-state index < -0.39 is 0 Å². The van der Waals surface area contributed by atoms with Crippen molar-refractivity contribution in [2.45, 2.75) is 26.4 Å². The molecule has 2 N–H and O–H groups in total. The Labute approximate surface area is 160 Å². The highest BCUT2D eigenvalue weighted by molar-refractivity contribution is 7.11. The van der Waals surface area contributed by atoms with Crippen molar-refractivity contribution in [1.82, 2.24) is 20.5 Å². The van der Waals surface area contributed by atoms with Gasteiger partial charge >= 0.3 is 0 Å². The summed E-state index contributed by atoms with van der Waals surface area (Å²) in [7, 11) is 5.85. The van der Waals surface area contributed by atoms with Gasteiger partial charge in [-0.3, -0.25) is 4.99 Å². The second-order valence-corrected chi connectivity index (χ2v) is 7.35. The zero-order chi connectivity index (χ0) is 18.8. The maximum Gasteiger partial charge on any atom is 0.191 e. The van der Waals surface area contributed by atoms with Crippen molar-refractivity contribution in [3.8, 4) is 5.75 Å². The standard InChI is InChI=1S/C19H29N5OS/c1-5-17-13-21-18(26-17)14-23-19(20-2)22-12-15-7-6-8-16(11-15)25-10-9-24(3)4/h6-8,11,13H,5,9-10,12,14H2,1-4H3,(H2,20,22,23). The lowest BCUT2D eigenvalue weighted by molar-refractivity contribution is 0.261. The van der Waals surface area contributed by atoms with Crippen LogP contribution in [0.3, 0.4) is 0 Å². The maximum absolute atomic E-state index is 5.79. The zero-order valence-electron chi connectivity index (χ0n) is 16.1. The highest BCUT2D eigenvalue weighted by Gasteiger charge is 2.04. The van der Waals surface area contributed by atoms with Crippen LogP contribution >= 0.6 is 11.3 Å². The molecule has 1 aromatic heterocycles. The van der Waals surface area contributed by atoms with Crippen LogP contribution in [0.4, 0.5) is 0 Å². The van der Waals surface area contributed by atoms with Gasteiger partial charge in [0.15, 0.2) is 5.96 Å². The second-order valence-electron chi connectivity index (χ2n) is 6.15. The first-order valence-corrected chi connectivity index (χ1v) is 9.67. The van der Waals surface area contributed by atoms with Crippen molar-refractivity contribution in [3.05, 3.63) is 45.9 Å². The highest BCUT2D eigenvalue weighted by Crippen LogP contribution is 2.14. The van der Waals surface area contributed by atoms with Crippen molar-refractivity contribution in [3.63, 3.8) is 0 Å². The number of guanidine groups is 1.